The third-order valence-electron chi connectivity index (χ3n) is 2.42. The minimum atomic E-state index is -3.72. The molecule has 1 aromatic carbocycles. The second-order valence-corrected chi connectivity index (χ2v) is 7.04. The fraction of sp³-hybridized carbons (Fsp3) is 0.182. The number of aromatic nitrogens is 2. The third kappa shape index (κ3) is 3.30. The average Bonchev–Trinajstić information content (AvgIpc) is 2.86. The summed E-state index contributed by atoms with van der Waals surface area (Å²) in [6.07, 6.45) is 0.705. The number of hydrogen-bond acceptors (Lipinski definition) is 6. The van der Waals surface area contributed by atoms with Gasteiger partial charge in [-0.3, -0.25) is 4.72 Å². The van der Waals surface area contributed by atoms with Crippen molar-refractivity contribution < 1.29 is 8.42 Å². The highest BCUT2D eigenvalue weighted by Gasteiger charge is 2.17. The van der Waals surface area contributed by atoms with E-state index in [-0.39, 0.29) is 15.0 Å². The number of benzene rings is 1. The molecule has 9 heteroatoms. The van der Waals surface area contributed by atoms with E-state index in [9.17, 15) is 8.42 Å². The van der Waals surface area contributed by atoms with Gasteiger partial charge in [-0.2, -0.15) is 0 Å². The summed E-state index contributed by atoms with van der Waals surface area (Å²) in [6, 6.07) is 6.13. The first-order valence-electron chi connectivity index (χ1n) is 5.67. The lowest BCUT2D eigenvalue weighted by Crippen LogP contribution is -2.15. The van der Waals surface area contributed by atoms with E-state index in [0.29, 0.717) is 12.0 Å². The maximum absolute atomic E-state index is 12.2. The van der Waals surface area contributed by atoms with Gasteiger partial charge in [0.1, 0.15) is 10.00 Å². The Morgan fingerprint density at radius 2 is 2.20 bits per heavy atom. The highest BCUT2D eigenvalue weighted by atomic mass is 32.2. The second-order valence-electron chi connectivity index (χ2n) is 3.85. The Morgan fingerprint density at radius 1 is 1.45 bits per heavy atom. The van der Waals surface area contributed by atoms with Gasteiger partial charge in [0.15, 0.2) is 0 Å². The zero-order valence-electron chi connectivity index (χ0n) is 10.5. The summed E-state index contributed by atoms with van der Waals surface area (Å²) >= 11 is 6.04. The van der Waals surface area contributed by atoms with Gasteiger partial charge in [-0.25, -0.2) is 8.42 Å². The minimum Gasteiger partial charge on any atom is -0.389 e. The van der Waals surface area contributed by atoms with Crippen molar-refractivity contribution in [1.29, 1.82) is 0 Å². The molecule has 0 bridgehead atoms. The Morgan fingerprint density at radius 3 is 2.80 bits per heavy atom. The highest BCUT2D eigenvalue weighted by molar-refractivity contribution is 7.93. The van der Waals surface area contributed by atoms with Crippen LogP contribution in [0.3, 0.4) is 0 Å². The van der Waals surface area contributed by atoms with Crippen LogP contribution in [0.5, 0.6) is 0 Å². The van der Waals surface area contributed by atoms with Gasteiger partial charge in [0.25, 0.3) is 10.0 Å². The van der Waals surface area contributed by atoms with Crippen LogP contribution in [-0.4, -0.2) is 23.6 Å². The molecule has 1 heterocycles. The molecule has 2 rings (SSSR count). The van der Waals surface area contributed by atoms with Crippen LogP contribution < -0.4 is 10.5 Å². The van der Waals surface area contributed by atoms with Crippen molar-refractivity contribution in [2.45, 2.75) is 18.2 Å². The molecule has 0 spiro atoms. The Labute approximate surface area is 126 Å². The van der Waals surface area contributed by atoms with Crippen LogP contribution >= 0.6 is 23.6 Å². The Bertz CT molecular complexity index is 740. The SMILES string of the molecule is CCc1nnc(NS(=O)(=O)c2cccc(C(N)=S)c2)s1. The maximum atomic E-state index is 12.2. The van der Waals surface area contributed by atoms with Crippen molar-refractivity contribution in [3.63, 3.8) is 0 Å². The zero-order valence-corrected chi connectivity index (χ0v) is 13.0. The largest absolute Gasteiger partial charge is 0.389 e. The summed E-state index contributed by atoms with van der Waals surface area (Å²) in [5, 5.41) is 8.64. The van der Waals surface area contributed by atoms with Gasteiger partial charge < -0.3 is 5.73 Å². The predicted octanol–water partition coefficient (Wildman–Crippen LogP) is 1.54. The maximum Gasteiger partial charge on any atom is 0.263 e. The fourth-order valence-corrected chi connectivity index (χ4v) is 3.51. The van der Waals surface area contributed by atoms with E-state index in [1.165, 1.54) is 23.5 Å². The number of sulfonamides is 1. The summed E-state index contributed by atoms with van der Waals surface area (Å²) in [5.74, 6) is 0. The lowest BCUT2D eigenvalue weighted by Gasteiger charge is -2.06. The van der Waals surface area contributed by atoms with Crippen LogP contribution in [0.15, 0.2) is 29.2 Å². The summed E-state index contributed by atoms with van der Waals surface area (Å²) in [4.78, 5) is 0.224. The van der Waals surface area contributed by atoms with Crippen LogP contribution in [0.2, 0.25) is 0 Å². The highest BCUT2D eigenvalue weighted by Crippen LogP contribution is 2.20. The van der Waals surface area contributed by atoms with Gasteiger partial charge >= 0.3 is 0 Å². The fourth-order valence-electron chi connectivity index (χ4n) is 1.43. The molecule has 0 radical (unpaired) electrons. The van der Waals surface area contributed by atoms with Crippen LogP contribution in [0.4, 0.5) is 5.13 Å². The number of aryl methyl sites for hydroxylation is 1. The summed E-state index contributed by atoms with van der Waals surface area (Å²) in [5.41, 5.74) is 5.99. The molecule has 1 aromatic heterocycles. The topological polar surface area (TPSA) is 98.0 Å². The molecule has 0 fully saturated rings. The normalized spacial score (nSPS) is 11.2. The minimum absolute atomic E-state index is 0.0797. The molecule has 0 unspecified atom stereocenters. The van der Waals surface area contributed by atoms with Crippen molar-refractivity contribution in [3.8, 4) is 0 Å². The van der Waals surface area contributed by atoms with Gasteiger partial charge in [0.2, 0.25) is 5.13 Å². The molecule has 0 saturated carbocycles. The van der Waals surface area contributed by atoms with Crippen molar-refractivity contribution in [1.82, 2.24) is 10.2 Å². The number of hydrogen-bond donors (Lipinski definition) is 2. The quantitative estimate of drug-likeness (QED) is 0.808. The van der Waals surface area contributed by atoms with Gasteiger partial charge in [-0.05, 0) is 18.6 Å². The van der Waals surface area contributed by atoms with E-state index in [1.807, 2.05) is 6.92 Å². The number of thiocarbonyl (C=S) groups is 1. The van der Waals surface area contributed by atoms with E-state index in [1.54, 1.807) is 12.1 Å². The Balaban J connectivity index is 2.30. The number of rotatable bonds is 5. The molecule has 106 valence electrons. The molecule has 0 amide bonds. The molecular weight excluding hydrogens is 316 g/mol. The molecule has 0 aliphatic carbocycles. The molecule has 3 N–H and O–H groups in total. The molecular formula is C11H12N4O2S3. The van der Waals surface area contributed by atoms with Crippen molar-refractivity contribution in [2.75, 3.05) is 4.72 Å². The summed E-state index contributed by atoms with van der Waals surface area (Å²) in [7, 11) is -3.72. The van der Waals surface area contributed by atoms with Gasteiger partial charge in [-0.1, -0.05) is 42.6 Å². The van der Waals surface area contributed by atoms with Crippen LogP contribution in [0, 0.1) is 0 Å². The Kier molecular flexibility index (Phi) is 4.31. The predicted molar refractivity (Wildman–Crippen MR) is 82.4 cm³/mol. The van der Waals surface area contributed by atoms with Gasteiger partial charge in [0, 0.05) is 5.56 Å². The lowest BCUT2D eigenvalue weighted by molar-refractivity contribution is 0.601. The van der Waals surface area contributed by atoms with Crippen LogP contribution in [-0.2, 0) is 16.4 Å². The first-order chi connectivity index (χ1) is 9.42. The smallest absolute Gasteiger partial charge is 0.263 e. The number of nitrogens with zero attached hydrogens (tertiary/aromatic N) is 2. The zero-order chi connectivity index (χ0) is 14.8. The summed E-state index contributed by atoms with van der Waals surface area (Å²) < 4.78 is 26.8. The number of anilines is 1. The molecule has 0 atom stereocenters. The first-order valence-corrected chi connectivity index (χ1v) is 8.38. The molecule has 0 saturated heterocycles. The van der Waals surface area contributed by atoms with E-state index in [4.69, 9.17) is 18.0 Å². The summed E-state index contributed by atoms with van der Waals surface area (Å²) in [6.45, 7) is 1.92. The molecule has 0 aliphatic heterocycles. The van der Waals surface area contributed by atoms with E-state index in [0.717, 1.165) is 5.01 Å². The van der Waals surface area contributed by atoms with Gasteiger partial charge in [0.05, 0.1) is 4.90 Å². The van der Waals surface area contributed by atoms with E-state index >= 15 is 0 Å². The standard InChI is InChI=1S/C11H12N4O2S3/c1-2-9-13-14-11(19-9)15-20(16,17)8-5-3-4-7(6-8)10(12)18/h3-6H,2H2,1H3,(H2,12,18)(H,14,15). The molecule has 0 aliphatic rings. The molecule has 20 heavy (non-hydrogen) atoms. The number of nitrogens with two attached hydrogens (primary N) is 1. The molecule has 6 nitrogen and oxygen atoms in total. The molecule has 2 aromatic rings. The van der Waals surface area contributed by atoms with E-state index in [2.05, 4.69) is 14.9 Å². The number of nitrogens with one attached hydrogen (secondary N) is 1. The van der Waals surface area contributed by atoms with Crippen molar-refractivity contribution in [3.05, 3.63) is 34.8 Å². The second kappa shape index (κ2) is 5.81. The Hall–Kier alpha value is -1.58. The van der Waals surface area contributed by atoms with Crippen molar-refractivity contribution >= 4 is 43.7 Å². The monoisotopic (exact) mass is 328 g/mol. The van der Waals surface area contributed by atoms with Crippen LogP contribution in [0.1, 0.15) is 17.5 Å². The van der Waals surface area contributed by atoms with E-state index < -0.39 is 10.0 Å². The van der Waals surface area contributed by atoms with Crippen LogP contribution in [0.25, 0.3) is 0 Å². The van der Waals surface area contributed by atoms with Crippen molar-refractivity contribution in [2.24, 2.45) is 5.73 Å². The lowest BCUT2D eigenvalue weighted by atomic mass is 10.2. The first kappa shape index (κ1) is 14.8. The third-order valence-corrected chi connectivity index (χ3v) is 5.10. The average molecular weight is 328 g/mol. The van der Waals surface area contributed by atoms with Gasteiger partial charge in [-0.15, -0.1) is 10.2 Å².